The number of esters is 1. The van der Waals surface area contributed by atoms with Crippen molar-refractivity contribution in [1.82, 2.24) is 0 Å². The van der Waals surface area contributed by atoms with Crippen molar-refractivity contribution in [2.45, 2.75) is 58.5 Å². The Morgan fingerprint density at radius 2 is 2.16 bits per heavy atom. The molecule has 0 aromatic carbocycles. The first kappa shape index (κ1) is 14.5. The van der Waals surface area contributed by atoms with Crippen LogP contribution >= 0.6 is 0 Å². The van der Waals surface area contributed by atoms with E-state index in [0.717, 1.165) is 19.3 Å². The molecular weight excluding hydrogens is 244 g/mol. The molecule has 108 valence electrons. The van der Waals surface area contributed by atoms with Crippen LogP contribution in [0, 0.1) is 17.3 Å². The normalized spacial score (nSPS) is 42.6. The van der Waals surface area contributed by atoms with E-state index in [1.807, 2.05) is 13.8 Å². The van der Waals surface area contributed by atoms with E-state index in [-0.39, 0.29) is 30.0 Å². The van der Waals surface area contributed by atoms with Gasteiger partial charge in [0.2, 0.25) is 0 Å². The SMILES string of the molecule is CCOC(=O)[C@]1(C)[C@H](C)CC(=O)[C@]2(O)CCCC[C@@H]12. The van der Waals surface area contributed by atoms with Gasteiger partial charge in [0.25, 0.3) is 0 Å². The van der Waals surface area contributed by atoms with Gasteiger partial charge in [-0.15, -0.1) is 0 Å². The summed E-state index contributed by atoms with van der Waals surface area (Å²) in [6.45, 7) is 5.90. The quantitative estimate of drug-likeness (QED) is 0.779. The standard InChI is InChI=1S/C15H24O4/c1-4-19-13(17)14(3)10(2)9-12(16)15(18)8-6-5-7-11(14)15/h10-11,18H,4-9H2,1-3H3/t10-,11+,14-,15+/m1/s1. The molecule has 2 saturated carbocycles. The molecule has 0 aromatic rings. The van der Waals surface area contributed by atoms with Crippen molar-refractivity contribution in [2.24, 2.45) is 17.3 Å². The zero-order valence-corrected chi connectivity index (χ0v) is 12.1. The van der Waals surface area contributed by atoms with Crippen LogP contribution in [0.15, 0.2) is 0 Å². The van der Waals surface area contributed by atoms with Gasteiger partial charge in [-0.2, -0.15) is 0 Å². The molecule has 2 fully saturated rings. The highest BCUT2D eigenvalue weighted by atomic mass is 16.5. The van der Waals surface area contributed by atoms with Crippen LogP contribution in [0.1, 0.15) is 52.9 Å². The molecule has 0 unspecified atom stereocenters. The molecule has 0 saturated heterocycles. The number of hydrogen-bond acceptors (Lipinski definition) is 4. The summed E-state index contributed by atoms with van der Waals surface area (Å²) in [5.41, 5.74) is -2.06. The fraction of sp³-hybridized carbons (Fsp3) is 0.867. The van der Waals surface area contributed by atoms with Gasteiger partial charge < -0.3 is 9.84 Å². The lowest BCUT2D eigenvalue weighted by molar-refractivity contribution is -0.192. The number of rotatable bonds is 2. The van der Waals surface area contributed by atoms with Crippen molar-refractivity contribution in [2.75, 3.05) is 6.61 Å². The third-order valence-corrected chi connectivity index (χ3v) is 5.31. The fourth-order valence-electron chi connectivity index (χ4n) is 3.93. The summed E-state index contributed by atoms with van der Waals surface area (Å²) < 4.78 is 5.22. The molecule has 2 aliphatic rings. The van der Waals surface area contributed by atoms with Crippen LogP contribution in [0.25, 0.3) is 0 Å². The first-order valence-corrected chi connectivity index (χ1v) is 7.30. The van der Waals surface area contributed by atoms with E-state index < -0.39 is 11.0 Å². The van der Waals surface area contributed by atoms with Crippen LogP contribution in [0.5, 0.6) is 0 Å². The Kier molecular flexibility index (Phi) is 3.74. The molecule has 0 bridgehead atoms. The second-order valence-electron chi connectivity index (χ2n) is 6.25. The lowest BCUT2D eigenvalue weighted by Crippen LogP contribution is -2.62. The van der Waals surface area contributed by atoms with Gasteiger partial charge in [0, 0.05) is 12.3 Å². The number of Topliss-reactive ketones (excluding diaryl/α,β-unsaturated/α-hetero) is 1. The van der Waals surface area contributed by atoms with Gasteiger partial charge in [-0.25, -0.2) is 0 Å². The Balaban J connectivity index is 2.40. The Labute approximate surface area is 114 Å². The second-order valence-corrected chi connectivity index (χ2v) is 6.25. The zero-order chi connectivity index (χ0) is 14.3. The smallest absolute Gasteiger partial charge is 0.312 e. The predicted molar refractivity (Wildman–Crippen MR) is 70.4 cm³/mol. The number of aliphatic hydroxyl groups is 1. The molecule has 0 spiro atoms. The van der Waals surface area contributed by atoms with Crippen molar-refractivity contribution >= 4 is 11.8 Å². The molecule has 0 heterocycles. The Morgan fingerprint density at radius 3 is 2.79 bits per heavy atom. The third-order valence-electron chi connectivity index (χ3n) is 5.31. The molecule has 1 N–H and O–H groups in total. The van der Waals surface area contributed by atoms with E-state index >= 15 is 0 Å². The van der Waals surface area contributed by atoms with Crippen molar-refractivity contribution in [3.05, 3.63) is 0 Å². The van der Waals surface area contributed by atoms with E-state index in [1.165, 1.54) is 0 Å². The summed E-state index contributed by atoms with van der Waals surface area (Å²) in [5.74, 6) is -0.738. The Hall–Kier alpha value is -0.900. The summed E-state index contributed by atoms with van der Waals surface area (Å²) in [6, 6.07) is 0. The molecule has 4 heteroatoms. The fourth-order valence-corrected chi connectivity index (χ4v) is 3.93. The molecule has 0 aromatic heterocycles. The van der Waals surface area contributed by atoms with Crippen LogP contribution in [0.2, 0.25) is 0 Å². The highest BCUT2D eigenvalue weighted by Gasteiger charge is 2.62. The summed E-state index contributed by atoms with van der Waals surface area (Å²) >= 11 is 0. The van der Waals surface area contributed by atoms with Crippen molar-refractivity contribution < 1.29 is 19.4 Å². The van der Waals surface area contributed by atoms with E-state index in [4.69, 9.17) is 4.74 Å². The number of carbonyl (C=O) groups excluding carboxylic acids is 2. The second kappa shape index (κ2) is 4.89. The molecule has 2 rings (SSSR count). The average molecular weight is 268 g/mol. The van der Waals surface area contributed by atoms with Crippen LogP contribution in [0.3, 0.4) is 0 Å². The number of hydrogen-bond donors (Lipinski definition) is 1. The molecule has 19 heavy (non-hydrogen) atoms. The molecule has 2 aliphatic carbocycles. The lowest BCUT2D eigenvalue weighted by atomic mass is 9.51. The van der Waals surface area contributed by atoms with E-state index in [1.54, 1.807) is 6.92 Å². The van der Waals surface area contributed by atoms with Gasteiger partial charge in [-0.1, -0.05) is 19.8 Å². The molecule has 4 atom stereocenters. The third kappa shape index (κ3) is 2.00. The molecule has 0 radical (unpaired) electrons. The summed E-state index contributed by atoms with van der Waals surface area (Å²) in [4.78, 5) is 24.6. The van der Waals surface area contributed by atoms with Gasteiger partial charge in [0.15, 0.2) is 5.78 Å². The van der Waals surface area contributed by atoms with E-state index in [2.05, 4.69) is 0 Å². The van der Waals surface area contributed by atoms with E-state index in [0.29, 0.717) is 13.0 Å². The minimum absolute atomic E-state index is 0.0811. The van der Waals surface area contributed by atoms with Gasteiger partial charge in [0.05, 0.1) is 12.0 Å². The molecule has 0 aliphatic heterocycles. The van der Waals surface area contributed by atoms with Crippen LogP contribution in [-0.4, -0.2) is 29.1 Å². The van der Waals surface area contributed by atoms with Crippen molar-refractivity contribution in [3.63, 3.8) is 0 Å². The summed E-state index contributed by atoms with van der Waals surface area (Å²) in [5, 5.41) is 10.8. The number of carbonyl (C=O) groups is 2. The van der Waals surface area contributed by atoms with Gasteiger partial charge >= 0.3 is 5.97 Å². The maximum Gasteiger partial charge on any atom is 0.312 e. The van der Waals surface area contributed by atoms with E-state index in [9.17, 15) is 14.7 Å². The van der Waals surface area contributed by atoms with Crippen molar-refractivity contribution in [1.29, 1.82) is 0 Å². The maximum absolute atomic E-state index is 12.4. The molecular formula is C15H24O4. The maximum atomic E-state index is 12.4. The number of fused-ring (bicyclic) bond motifs is 1. The summed E-state index contributed by atoms with van der Waals surface area (Å²) in [7, 11) is 0. The minimum Gasteiger partial charge on any atom is -0.466 e. The van der Waals surface area contributed by atoms with Gasteiger partial charge in [-0.05, 0) is 32.6 Å². The Morgan fingerprint density at radius 1 is 1.47 bits per heavy atom. The number of ketones is 1. The zero-order valence-electron chi connectivity index (χ0n) is 12.1. The highest BCUT2D eigenvalue weighted by Crippen LogP contribution is 2.54. The Bertz CT molecular complexity index is 392. The van der Waals surface area contributed by atoms with Crippen LogP contribution in [-0.2, 0) is 14.3 Å². The summed E-state index contributed by atoms with van der Waals surface area (Å²) in [6.07, 6.45) is 3.29. The topological polar surface area (TPSA) is 63.6 Å². The predicted octanol–water partition coefficient (Wildman–Crippen LogP) is 2.09. The number of ether oxygens (including phenoxy) is 1. The van der Waals surface area contributed by atoms with Gasteiger partial charge in [0.1, 0.15) is 5.60 Å². The highest BCUT2D eigenvalue weighted by molar-refractivity contribution is 5.92. The largest absolute Gasteiger partial charge is 0.466 e. The molecule has 4 nitrogen and oxygen atoms in total. The van der Waals surface area contributed by atoms with Crippen molar-refractivity contribution in [3.8, 4) is 0 Å². The lowest BCUT2D eigenvalue weighted by Gasteiger charge is -2.53. The van der Waals surface area contributed by atoms with Crippen LogP contribution < -0.4 is 0 Å². The minimum atomic E-state index is -1.31. The van der Waals surface area contributed by atoms with Crippen LogP contribution in [0.4, 0.5) is 0 Å². The molecule has 0 amide bonds. The first-order chi connectivity index (χ1) is 8.87. The first-order valence-electron chi connectivity index (χ1n) is 7.30. The van der Waals surface area contributed by atoms with Gasteiger partial charge in [-0.3, -0.25) is 9.59 Å². The monoisotopic (exact) mass is 268 g/mol. The average Bonchev–Trinajstić information content (AvgIpc) is 2.37.